The molecule has 3 unspecified atom stereocenters. The Hall–Kier alpha value is -2.26. The zero-order chi connectivity index (χ0) is 20.3. The van der Waals surface area contributed by atoms with Gasteiger partial charge in [0.05, 0.1) is 17.6 Å². The quantitative estimate of drug-likeness (QED) is 0.638. The van der Waals surface area contributed by atoms with E-state index >= 15 is 0 Å². The minimum absolute atomic E-state index is 0.0102. The summed E-state index contributed by atoms with van der Waals surface area (Å²) in [6, 6.07) is 0. The Labute approximate surface area is 172 Å². The van der Waals surface area contributed by atoms with Crippen LogP contribution in [0.15, 0.2) is 11.1 Å². The average Bonchev–Trinajstić information content (AvgIpc) is 3.18. The van der Waals surface area contributed by atoms with Crippen LogP contribution in [0.4, 0.5) is 0 Å². The van der Waals surface area contributed by atoms with Gasteiger partial charge in [0, 0.05) is 18.0 Å². The lowest BCUT2D eigenvalue weighted by atomic mass is 9.89. The molecule has 0 radical (unpaired) electrons. The predicted octanol–water partition coefficient (Wildman–Crippen LogP) is 1.87. The number of hydrogen-bond acceptors (Lipinski definition) is 6. The molecule has 2 aliphatic rings. The van der Waals surface area contributed by atoms with E-state index in [1.165, 1.54) is 25.9 Å². The first kappa shape index (κ1) is 18.7. The van der Waals surface area contributed by atoms with Crippen LogP contribution in [0, 0.1) is 5.92 Å². The van der Waals surface area contributed by atoms with Crippen molar-refractivity contribution < 1.29 is 9.53 Å². The van der Waals surface area contributed by atoms with Gasteiger partial charge < -0.3 is 9.64 Å². The first-order valence-corrected chi connectivity index (χ1v) is 11.0. The van der Waals surface area contributed by atoms with E-state index in [1.807, 2.05) is 13.8 Å². The third-order valence-electron chi connectivity index (χ3n) is 5.94. The van der Waals surface area contributed by atoms with E-state index < -0.39 is 0 Å². The van der Waals surface area contributed by atoms with Gasteiger partial charge in [-0.05, 0) is 44.6 Å². The van der Waals surface area contributed by atoms with Gasteiger partial charge in [-0.3, -0.25) is 4.79 Å². The number of rotatable bonds is 2. The molecule has 4 heterocycles. The molecule has 9 heteroatoms. The van der Waals surface area contributed by atoms with Crippen molar-refractivity contribution in [1.82, 2.24) is 24.1 Å². The highest BCUT2D eigenvalue weighted by atomic mass is 32.1. The van der Waals surface area contributed by atoms with Gasteiger partial charge in [0.1, 0.15) is 17.7 Å². The molecule has 29 heavy (non-hydrogen) atoms. The van der Waals surface area contributed by atoms with Crippen LogP contribution < -0.4 is 5.69 Å². The standard InChI is InChI=1S/C20H25N5O3S/c1-11-4-5-14-15(6-11)29-19-17(14)18-22-25(20(27)24(18)10-21-19)9-16(26)23-7-12(2)28-13(3)8-23/h10-13H,4-9H2,1-3H3. The van der Waals surface area contributed by atoms with Gasteiger partial charge in [0.2, 0.25) is 5.91 Å². The van der Waals surface area contributed by atoms with Crippen molar-refractivity contribution in [2.75, 3.05) is 13.1 Å². The van der Waals surface area contributed by atoms with Crippen LogP contribution in [-0.4, -0.2) is 55.3 Å². The van der Waals surface area contributed by atoms with Gasteiger partial charge in [0.15, 0.2) is 5.65 Å². The summed E-state index contributed by atoms with van der Waals surface area (Å²) in [7, 11) is 0. The largest absolute Gasteiger partial charge is 0.372 e. The van der Waals surface area contributed by atoms with Crippen LogP contribution in [0.3, 0.4) is 0 Å². The lowest BCUT2D eigenvalue weighted by Crippen LogP contribution is -2.49. The molecule has 3 aromatic heterocycles. The molecule has 0 spiro atoms. The fourth-order valence-corrected chi connectivity index (χ4v) is 5.92. The molecular weight excluding hydrogens is 390 g/mol. The number of carbonyl (C=O) groups is 1. The van der Waals surface area contributed by atoms with Gasteiger partial charge in [-0.1, -0.05) is 6.92 Å². The second kappa shape index (κ2) is 6.91. The van der Waals surface area contributed by atoms with Crippen LogP contribution in [0.5, 0.6) is 0 Å². The smallest absolute Gasteiger partial charge is 0.352 e. The highest BCUT2D eigenvalue weighted by Crippen LogP contribution is 2.38. The Morgan fingerprint density at radius 3 is 2.79 bits per heavy atom. The van der Waals surface area contributed by atoms with Crippen LogP contribution >= 0.6 is 11.3 Å². The number of thiophene rings is 1. The summed E-state index contributed by atoms with van der Waals surface area (Å²) in [5, 5.41) is 5.55. The molecule has 1 aliphatic carbocycles. The Kier molecular flexibility index (Phi) is 4.47. The topological polar surface area (TPSA) is 81.7 Å². The Morgan fingerprint density at radius 1 is 1.28 bits per heavy atom. The van der Waals surface area contributed by atoms with E-state index in [4.69, 9.17) is 4.74 Å². The molecule has 1 amide bonds. The van der Waals surface area contributed by atoms with Crippen LogP contribution in [0.25, 0.3) is 15.9 Å². The third kappa shape index (κ3) is 3.16. The minimum atomic E-state index is -0.318. The SMILES string of the molecule is CC1CCc2c(sc3ncn4c(=O)n(CC(=O)N5CC(C)OC(C)C5)nc4c23)C1. The summed E-state index contributed by atoms with van der Waals surface area (Å²) >= 11 is 1.71. The molecule has 1 aliphatic heterocycles. The summed E-state index contributed by atoms with van der Waals surface area (Å²) in [6.07, 6.45) is 4.70. The summed E-state index contributed by atoms with van der Waals surface area (Å²) in [6.45, 7) is 7.19. The van der Waals surface area contributed by atoms with Crippen LogP contribution in [-0.2, 0) is 28.9 Å². The third-order valence-corrected chi connectivity index (χ3v) is 7.10. The fraction of sp³-hybridized carbons (Fsp3) is 0.600. The molecule has 8 nitrogen and oxygen atoms in total. The van der Waals surface area contributed by atoms with Crippen molar-refractivity contribution >= 4 is 33.1 Å². The fourth-order valence-electron chi connectivity index (χ4n) is 4.58. The monoisotopic (exact) mass is 415 g/mol. The Bertz CT molecular complexity index is 1150. The van der Waals surface area contributed by atoms with E-state index in [9.17, 15) is 9.59 Å². The molecule has 0 saturated carbocycles. The van der Waals surface area contributed by atoms with Crippen molar-refractivity contribution in [3.63, 3.8) is 0 Å². The van der Waals surface area contributed by atoms with Crippen LogP contribution in [0.2, 0.25) is 0 Å². The molecule has 0 N–H and O–H groups in total. The molecule has 3 atom stereocenters. The van der Waals surface area contributed by atoms with Crippen molar-refractivity contribution in [3.05, 3.63) is 27.3 Å². The number of nitrogens with zero attached hydrogens (tertiary/aromatic N) is 5. The van der Waals surface area contributed by atoms with E-state index in [2.05, 4.69) is 17.0 Å². The number of aryl methyl sites for hydroxylation is 1. The number of morpholine rings is 1. The van der Waals surface area contributed by atoms with Crippen LogP contribution in [0.1, 0.15) is 37.6 Å². The number of ether oxygens (including phenoxy) is 1. The van der Waals surface area contributed by atoms with E-state index in [0.717, 1.165) is 29.5 Å². The van der Waals surface area contributed by atoms with Gasteiger partial charge in [-0.25, -0.2) is 18.9 Å². The van der Waals surface area contributed by atoms with Crippen molar-refractivity contribution in [1.29, 1.82) is 0 Å². The zero-order valence-electron chi connectivity index (χ0n) is 16.9. The predicted molar refractivity (Wildman–Crippen MR) is 110 cm³/mol. The first-order valence-electron chi connectivity index (χ1n) is 10.2. The molecule has 0 aromatic carbocycles. The molecule has 154 valence electrons. The molecule has 1 fully saturated rings. The van der Waals surface area contributed by atoms with Gasteiger partial charge in [-0.15, -0.1) is 16.4 Å². The van der Waals surface area contributed by atoms with Crippen molar-refractivity contribution in [2.45, 2.75) is 58.8 Å². The number of fused-ring (bicyclic) bond motifs is 5. The average molecular weight is 416 g/mol. The molecule has 1 saturated heterocycles. The number of hydrogen-bond donors (Lipinski definition) is 0. The van der Waals surface area contributed by atoms with Crippen molar-refractivity contribution in [3.8, 4) is 0 Å². The van der Waals surface area contributed by atoms with Gasteiger partial charge in [-0.2, -0.15) is 0 Å². The highest BCUT2D eigenvalue weighted by molar-refractivity contribution is 7.19. The molecule has 0 bridgehead atoms. The highest BCUT2D eigenvalue weighted by Gasteiger charge is 2.28. The summed E-state index contributed by atoms with van der Waals surface area (Å²) in [5.74, 6) is 0.560. The van der Waals surface area contributed by atoms with E-state index in [0.29, 0.717) is 24.7 Å². The van der Waals surface area contributed by atoms with E-state index in [-0.39, 0.29) is 30.3 Å². The second-order valence-electron chi connectivity index (χ2n) is 8.47. The molecule has 5 rings (SSSR count). The van der Waals surface area contributed by atoms with Gasteiger partial charge >= 0.3 is 5.69 Å². The minimum Gasteiger partial charge on any atom is -0.372 e. The lowest BCUT2D eigenvalue weighted by molar-refractivity contribution is -0.144. The Balaban J connectivity index is 1.52. The summed E-state index contributed by atoms with van der Waals surface area (Å²) in [4.78, 5) is 34.3. The van der Waals surface area contributed by atoms with Gasteiger partial charge in [0.25, 0.3) is 0 Å². The second-order valence-corrected chi connectivity index (χ2v) is 9.55. The number of amides is 1. The molecule has 3 aromatic rings. The number of aromatic nitrogens is 4. The summed E-state index contributed by atoms with van der Waals surface area (Å²) in [5.41, 5.74) is 1.57. The van der Waals surface area contributed by atoms with E-state index in [1.54, 1.807) is 16.2 Å². The zero-order valence-corrected chi connectivity index (χ0v) is 17.7. The molecular formula is C20H25N5O3S. The number of carbonyl (C=O) groups excluding carboxylic acids is 1. The Morgan fingerprint density at radius 2 is 2.03 bits per heavy atom. The van der Waals surface area contributed by atoms with Crippen molar-refractivity contribution in [2.24, 2.45) is 5.92 Å². The first-order chi connectivity index (χ1) is 13.9. The lowest BCUT2D eigenvalue weighted by Gasteiger charge is -2.35. The summed E-state index contributed by atoms with van der Waals surface area (Å²) < 4.78 is 8.45. The maximum absolute atomic E-state index is 12.9. The maximum atomic E-state index is 12.9. The maximum Gasteiger partial charge on any atom is 0.352 e. The normalized spacial score (nSPS) is 24.9.